The predicted octanol–water partition coefficient (Wildman–Crippen LogP) is 5.39. The maximum atomic E-state index is 13.0. The van der Waals surface area contributed by atoms with Crippen molar-refractivity contribution in [2.45, 2.75) is 32.2 Å². The summed E-state index contributed by atoms with van der Waals surface area (Å²) in [6.45, 7) is 3.04. The second-order valence-corrected chi connectivity index (χ2v) is 7.82. The molecule has 4 nitrogen and oxygen atoms in total. The average molecular weight is 396 g/mol. The second kappa shape index (κ2) is 7.79. The third kappa shape index (κ3) is 3.61. The van der Waals surface area contributed by atoms with E-state index in [1.165, 1.54) is 18.4 Å². The first kappa shape index (κ1) is 18.6. The molecular formula is C26H24N2O2. The molecule has 0 N–H and O–H groups in total. The lowest BCUT2D eigenvalue weighted by molar-refractivity contribution is 0.340. The van der Waals surface area contributed by atoms with Crippen molar-refractivity contribution in [1.29, 1.82) is 0 Å². The summed E-state index contributed by atoms with van der Waals surface area (Å²) in [6, 6.07) is 24.4. The Hall–Kier alpha value is -3.40. The SMILES string of the molecule is CCOc1ccc2c(c1)c(-c1ccc(C3CC3)cc1)nc(=O)n2Cc1ccccc1. The van der Waals surface area contributed by atoms with Crippen molar-refractivity contribution < 1.29 is 4.74 Å². The lowest BCUT2D eigenvalue weighted by Crippen LogP contribution is -2.24. The molecule has 1 aromatic heterocycles. The zero-order valence-electron chi connectivity index (χ0n) is 17.0. The Morgan fingerprint density at radius 2 is 1.77 bits per heavy atom. The van der Waals surface area contributed by atoms with Gasteiger partial charge in [0, 0.05) is 10.9 Å². The summed E-state index contributed by atoms with van der Waals surface area (Å²) in [5, 5.41) is 0.927. The highest BCUT2D eigenvalue weighted by molar-refractivity contribution is 5.93. The van der Waals surface area contributed by atoms with Crippen LogP contribution < -0.4 is 10.4 Å². The van der Waals surface area contributed by atoms with E-state index in [0.29, 0.717) is 24.8 Å². The molecule has 0 amide bonds. The molecule has 1 fully saturated rings. The molecular weight excluding hydrogens is 372 g/mol. The van der Waals surface area contributed by atoms with Crippen molar-refractivity contribution in [1.82, 2.24) is 9.55 Å². The number of fused-ring (bicyclic) bond motifs is 1. The fraction of sp³-hybridized carbons (Fsp3) is 0.231. The van der Waals surface area contributed by atoms with Crippen LogP contribution in [0, 0.1) is 0 Å². The van der Waals surface area contributed by atoms with E-state index in [1.807, 2.05) is 55.5 Å². The fourth-order valence-electron chi connectivity index (χ4n) is 3.98. The molecule has 4 heteroatoms. The van der Waals surface area contributed by atoms with Gasteiger partial charge in [-0.2, -0.15) is 4.98 Å². The van der Waals surface area contributed by atoms with E-state index in [1.54, 1.807) is 4.57 Å². The lowest BCUT2D eigenvalue weighted by atomic mass is 10.0. The summed E-state index contributed by atoms with van der Waals surface area (Å²) in [6.07, 6.45) is 2.54. The molecule has 5 rings (SSSR count). The molecule has 0 aliphatic heterocycles. The van der Waals surface area contributed by atoms with Crippen LogP contribution in [-0.4, -0.2) is 16.2 Å². The Labute approximate surface area is 175 Å². The van der Waals surface area contributed by atoms with Crippen molar-refractivity contribution in [3.8, 4) is 17.0 Å². The van der Waals surface area contributed by atoms with Gasteiger partial charge in [-0.3, -0.25) is 4.57 Å². The average Bonchev–Trinajstić information content (AvgIpc) is 3.62. The van der Waals surface area contributed by atoms with Crippen molar-refractivity contribution in [2.75, 3.05) is 6.61 Å². The van der Waals surface area contributed by atoms with E-state index in [0.717, 1.165) is 27.8 Å². The molecule has 1 aliphatic rings. The fourth-order valence-corrected chi connectivity index (χ4v) is 3.98. The Balaban J connectivity index is 1.67. The zero-order chi connectivity index (χ0) is 20.5. The van der Waals surface area contributed by atoms with Crippen LogP contribution in [0.2, 0.25) is 0 Å². The molecule has 4 aromatic rings. The quantitative estimate of drug-likeness (QED) is 0.439. The van der Waals surface area contributed by atoms with Crippen LogP contribution in [0.3, 0.4) is 0 Å². The molecule has 0 unspecified atom stereocenters. The molecule has 0 saturated heterocycles. The van der Waals surface area contributed by atoms with E-state index in [4.69, 9.17) is 4.74 Å². The van der Waals surface area contributed by atoms with Gasteiger partial charge in [0.1, 0.15) is 5.75 Å². The Bertz CT molecular complexity index is 1240. The highest BCUT2D eigenvalue weighted by Gasteiger charge is 2.23. The van der Waals surface area contributed by atoms with Crippen LogP contribution in [-0.2, 0) is 6.54 Å². The molecule has 1 aliphatic carbocycles. The van der Waals surface area contributed by atoms with E-state index < -0.39 is 0 Å². The van der Waals surface area contributed by atoms with Crippen molar-refractivity contribution in [2.24, 2.45) is 0 Å². The number of benzene rings is 3. The van der Waals surface area contributed by atoms with Gasteiger partial charge in [0.25, 0.3) is 0 Å². The number of hydrogen-bond acceptors (Lipinski definition) is 3. The van der Waals surface area contributed by atoms with Crippen molar-refractivity contribution in [3.63, 3.8) is 0 Å². The molecule has 3 aromatic carbocycles. The van der Waals surface area contributed by atoms with Gasteiger partial charge in [-0.05, 0) is 55.0 Å². The topological polar surface area (TPSA) is 44.1 Å². The monoisotopic (exact) mass is 396 g/mol. The smallest absolute Gasteiger partial charge is 0.348 e. The minimum atomic E-state index is -0.239. The summed E-state index contributed by atoms with van der Waals surface area (Å²) in [5.74, 6) is 1.49. The summed E-state index contributed by atoms with van der Waals surface area (Å²) in [5.41, 5.74) is 4.74. The Morgan fingerprint density at radius 1 is 1.00 bits per heavy atom. The van der Waals surface area contributed by atoms with Gasteiger partial charge in [0.05, 0.1) is 24.4 Å². The molecule has 0 bridgehead atoms. The number of nitrogens with zero attached hydrogens (tertiary/aromatic N) is 2. The van der Waals surface area contributed by atoms with Gasteiger partial charge >= 0.3 is 5.69 Å². The minimum Gasteiger partial charge on any atom is -0.494 e. The third-order valence-corrected chi connectivity index (χ3v) is 5.68. The van der Waals surface area contributed by atoms with Gasteiger partial charge in [0.2, 0.25) is 0 Å². The third-order valence-electron chi connectivity index (χ3n) is 5.68. The molecule has 1 heterocycles. The molecule has 1 saturated carbocycles. The van der Waals surface area contributed by atoms with E-state index in [9.17, 15) is 4.79 Å². The molecule has 0 radical (unpaired) electrons. The van der Waals surface area contributed by atoms with Crippen molar-refractivity contribution in [3.05, 3.63) is 94.4 Å². The molecule has 0 atom stereocenters. The summed E-state index contributed by atoms with van der Waals surface area (Å²) < 4.78 is 7.48. The van der Waals surface area contributed by atoms with Gasteiger partial charge in [-0.15, -0.1) is 0 Å². The Morgan fingerprint density at radius 3 is 2.47 bits per heavy atom. The first-order valence-electron chi connectivity index (χ1n) is 10.5. The number of ether oxygens (including phenoxy) is 1. The van der Waals surface area contributed by atoms with E-state index in [2.05, 4.69) is 29.2 Å². The van der Waals surface area contributed by atoms with Crippen molar-refractivity contribution >= 4 is 10.9 Å². The highest BCUT2D eigenvalue weighted by atomic mass is 16.5. The van der Waals surface area contributed by atoms with Crippen LogP contribution in [0.5, 0.6) is 5.75 Å². The first-order valence-corrected chi connectivity index (χ1v) is 10.5. The maximum absolute atomic E-state index is 13.0. The largest absolute Gasteiger partial charge is 0.494 e. The predicted molar refractivity (Wildman–Crippen MR) is 120 cm³/mol. The normalized spacial score (nSPS) is 13.5. The highest BCUT2D eigenvalue weighted by Crippen LogP contribution is 2.40. The second-order valence-electron chi connectivity index (χ2n) is 7.82. The van der Waals surface area contributed by atoms with Gasteiger partial charge in [-0.1, -0.05) is 54.6 Å². The molecule has 30 heavy (non-hydrogen) atoms. The van der Waals surface area contributed by atoms with Crippen LogP contribution in [0.25, 0.3) is 22.2 Å². The maximum Gasteiger partial charge on any atom is 0.348 e. The minimum absolute atomic E-state index is 0.239. The summed E-state index contributed by atoms with van der Waals surface area (Å²) in [4.78, 5) is 17.6. The number of hydrogen-bond donors (Lipinski definition) is 0. The number of aromatic nitrogens is 2. The van der Waals surface area contributed by atoms with Gasteiger partial charge in [-0.25, -0.2) is 4.79 Å². The van der Waals surface area contributed by atoms with Crippen LogP contribution in [0.15, 0.2) is 77.6 Å². The molecule has 0 spiro atoms. The zero-order valence-corrected chi connectivity index (χ0v) is 17.0. The first-order chi connectivity index (χ1) is 14.7. The summed E-state index contributed by atoms with van der Waals surface area (Å²) >= 11 is 0. The molecule has 150 valence electrons. The van der Waals surface area contributed by atoms with E-state index in [-0.39, 0.29) is 5.69 Å². The standard InChI is InChI=1S/C26H24N2O2/c1-2-30-22-14-15-24-23(16-22)25(21-12-10-20(11-13-21)19-8-9-19)27-26(29)28(24)17-18-6-4-3-5-7-18/h3-7,10-16,19H,2,8-9,17H2,1H3. The van der Waals surface area contributed by atoms with E-state index >= 15 is 0 Å². The number of rotatable bonds is 6. The Kier molecular flexibility index (Phi) is 4.83. The van der Waals surface area contributed by atoms with Gasteiger partial charge in [0.15, 0.2) is 0 Å². The lowest BCUT2D eigenvalue weighted by Gasteiger charge is -2.14. The van der Waals surface area contributed by atoms with Crippen LogP contribution in [0.1, 0.15) is 36.8 Å². The van der Waals surface area contributed by atoms with Crippen LogP contribution >= 0.6 is 0 Å². The summed E-state index contributed by atoms with van der Waals surface area (Å²) in [7, 11) is 0. The van der Waals surface area contributed by atoms with Gasteiger partial charge < -0.3 is 4.74 Å². The van der Waals surface area contributed by atoms with Crippen LogP contribution in [0.4, 0.5) is 0 Å².